The standard InChI is InChI=1S/C9H15NO2/c1-3-4-5-8(2)6-10-7-9(11)12/h4-5,10H,2-3,6-7H2,1H3,(H,11,12)/b5-4-. The molecule has 0 aliphatic rings. The highest BCUT2D eigenvalue weighted by Gasteiger charge is 1.94. The molecule has 0 aromatic heterocycles. The molecule has 0 aliphatic carbocycles. The number of allylic oxidation sites excluding steroid dienone is 1. The lowest BCUT2D eigenvalue weighted by Gasteiger charge is -1.99. The van der Waals surface area contributed by atoms with E-state index in [1.807, 2.05) is 19.1 Å². The average molecular weight is 169 g/mol. The molecule has 0 heterocycles. The number of hydrogen-bond donors (Lipinski definition) is 2. The zero-order valence-electron chi connectivity index (χ0n) is 7.34. The Bertz CT molecular complexity index is 185. The van der Waals surface area contributed by atoms with Crippen LogP contribution in [0.5, 0.6) is 0 Å². The molecule has 68 valence electrons. The Morgan fingerprint density at radius 3 is 2.75 bits per heavy atom. The summed E-state index contributed by atoms with van der Waals surface area (Å²) in [5.41, 5.74) is 0.901. The third kappa shape index (κ3) is 7.02. The van der Waals surface area contributed by atoms with Gasteiger partial charge in [0.2, 0.25) is 0 Å². The van der Waals surface area contributed by atoms with Crippen molar-refractivity contribution in [2.45, 2.75) is 13.3 Å². The number of rotatable bonds is 6. The highest BCUT2D eigenvalue weighted by Crippen LogP contribution is 1.91. The summed E-state index contributed by atoms with van der Waals surface area (Å²) in [4.78, 5) is 10.1. The molecule has 2 N–H and O–H groups in total. The van der Waals surface area contributed by atoms with Gasteiger partial charge in [0.15, 0.2) is 0 Å². The molecule has 0 saturated heterocycles. The van der Waals surface area contributed by atoms with Crippen LogP contribution in [0.25, 0.3) is 0 Å². The van der Waals surface area contributed by atoms with Crippen LogP contribution in [-0.4, -0.2) is 24.2 Å². The lowest BCUT2D eigenvalue weighted by Crippen LogP contribution is -2.23. The second-order valence-corrected chi connectivity index (χ2v) is 2.47. The van der Waals surface area contributed by atoms with Crippen molar-refractivity contribution < 1.29 is 9.90 Å². The van der Waals surface area contributed by atoms with Crippen molar-refractivity contribution in [3.05, 3.63) is 24.3 Å². The predicted octanol–water partition coefficient (Wildman–Crippen LogP) is 1.18. The Labute approximate surface area is 72.8 Å². The minimum absolute atomic E-state index is 0.0149. The van der Waals surface area contributed by atoms with Crippen molar-refractivity contribution >= 4 is 5.97 Å². The van der Waals surface area contributed by atoms with Crippen LogP contribution < -0.4 is 5.32 Å². The highest BCUT2D eigenvalue weighted by molar-refractivity contribution is 5.69. The van der Waals surface area contributed by atoms with Crippen LogP contribution >= 0.6 is 0 Å². The summed E-state index contributed by atoms with van der Waals surface area (Å²) in [6.45, 7) is 6.30. The summed E-state index contributed by atoms with van der Waals surface area (Å²) in [5.74, 6) is -0.845. The first-order valence-electron chi connectivity index (χ1n) is 3.93. The van der Waals surface area contributed by atoms with Crippen molar-refractivity contribution in [1.82, 2.24) is 5.32 Å². The van der Waals surface area contributed by atoms with E-state index in [0.717, 1.165) is 12.0 Å². The molecule has 0 spiro atoms. The Hall–Kier alpha value is -1.09. The topological polar surface area (TPSA) is 49.3 Å². The maximum atomic E-state index is 10.1. The molecule has 0 atom stereocenters. The Morgan fingerprint density at radius 1 is 1.58 bits per heavy atom. The quantitative estimate of drug-likeness (QED) is 0.587. The van der Waals surface area contributed by atoms with Crippen molar-refractivity contribution in [3.8, 4) is 0 Å². The zero-order chi connectivity index (χ0) is 9.40. The van der Waals surface area contributed by atoms with Gasteiger partial charge in [-0.25, -0.2) is 0 Å². The van der Waals surface area contributed by atoms with E-state index in [9.17, 15) is 4.79 Å². The highest BCUT2D eigenvalue weighted by atomic mass is 16.4. The van der Waals surface area contributed by atoms with E-state index in [-0.39, 0.29) is 6.54 Å². The van der Waals surface area contributed by atoms with E-state index in [4.69, 9.17) is 5.11 Å². The van der Waals surface area contributed by atoms with Crippen molar-refractivity contribution in [2.75, 3.05) is 13.1 Å². The Morgan fingerprint density at radius 2 is 2.25 bits per heavy atom. The summed E-state index contributed by atoms with van der Waals surface area (Å²) in [6.07, 6.45) is 4.86. The van der Waals surface area contributed by atoms with E-state index in [1.54, 1.807) is 0 Å². The Kier molecular flexibility index (Phi) is 6.01. The molecule has 12 heavy (non-hydrogen) atoms. The van der Waals surface area contributed by atoms with Crippen LogP contribution in [0.3, 0.4) is 0 Å². The van der Waals surface area contributed by atoms with Gasteiger partial charge in [-0.15, -0.1) is 0 Å². The molecule has 0 aliphatic heterocycles. The maximum absolute atomic E-state index is 10.1. The van der Waals surface area contributed by atoms with Crippen LogP contribution in [0.1, 0.15) is 13.3 Å². The first kappa shape index (κ1) is 10.9. The fourth-order valence-corrected chi connectivity index (χ4v) is 0.673. The van der Waals surface area contributed by atoms with E-state index in [1.165, 1.54) is 0 Å². The number of hydrogen-bond acceptors (Lipinski definition) is 2. The summed E-state index contributed by atoms with van der Waals surface area (Å²) in [6, 6.07) is 0. The van der Waals surface area contributed by atoms with Crippen molar-refractivity contribution in [1.29, 1.82) is 0 Å². The lowest BCUT2D eigenvalue weighted by molar-refractivity contribution is -0.135. The van der Waals surface area contributed by atoms with Crippen LogP contribution in [0, 0.1) is 0 Å². The first-order valence-corrected chi connectivity index (χ1v) is 3.93. The molecule has 0 fully saturated rings. The summed E-state index contributed by atoms with van der Waals surface area (Å²) in [5, 5.41) is 11.0. The van der Waals surface area contributed by atoms with E-state index >= 15 is 0 Å². The normalized spacial score (nSPS) is 10.4. The SMILES string of the molecule is C=C(/C=C\CC)CNCC(=O)O. The summed E-state index contributed by atoms with van der Waals surface area (Å²) in [7, 11) is 0. The van der Waals surface area contributed by atoms with Gasteiger partial charge in [0, 0.05) is 6.54 Å². The molecule has 0 bridgehead atoms. The first-order chi connectivity index (χ1) is 5.66. The fourth-order valence-electron chi connectivity index (χ4n) is 0.673. The number of carbonyl (C=O) groups is 1. The molecule has 0 aromatic rings. The molecule has 3 nitrogen and oxygen atoms in total. The molecule has 0 unspecified atom stereocenters. The third-order valence-corrected chi connectivity index (χ3v) is 1.22. The van der Waals surface area contributed by atoms with Crippen LogP contribution in [0.4, 0.5) is 0 Å². The van der Waals surface area contributed by atoms with Crippen LogP contribution in [0.15, 0.2) is 24.3 Å². The van der Waals surface area contributed by atoms with Gasteiger partial charge in [0.25, 0.3) is 0 Å². The van der Waals surface area contributed by atoms with Gasteiger partial charge < -0.3 is 10.4 Å². The minimum atomic E-state index is -0.845. The molecule has 0 amide bonds. The second kappa shape index (κ2) is 6.61. The van der Waals surface area contributed by atoms with Gasteiger partial charge in [-0.05, 0) is 12.0 Å². The smallest absolute Gasteiger partial charge is 0.317 e. The molecular weight excluding hydrogens is 154 g/mol. The van der Waals surface area contributed by atoms with Gasteiger partial charge in [-0.3, -0.25) is 4.79 Å². The largest absolute Gasteiger partial charge is 0.480 e. The zero-order valence-corrected chi connectivity index (χ0v) is 7.34. The number of carboxylic acids is 1. The predicted molar refractivity (Wildman–Crippen MR) is 49.1 cm³/mol. The third-order valence-electron chi connectivity index (χ3n) is 1.22. The van der Waals surface area contributed by atoms with Crippen LogP contribution in [-0.2, 0) is 4.79 Å². The monoisotopic (exact) mass is 169 g/mol. The molecule has 0 rings (SSSR count). The number of aliphatic carboxylic acids is 1. The number of nitrogens with one attached hydrogen (secondary N) is 1. The van der Waals surface area contributed by atoms with Gasteiger partial charge >= 0.3 is 5.97 Å². The van der Waals surface area contributed by atoms with Crippen molar-refractivity contribution in [3.63, 3.8) is 0 Å². The van der Waals surface area contributed by atoms with Gasteiger partial charge in [-0.1, -0.05) is 25.7 Å². The molecule has 0 saturated carbocycles. The van der Waals surface area contributed by atoms with Crippen molar-refractivity contribution in [2.24, 2.45) is 0 Å². The van der Waals surface area contributed by atoms with E-state index in [2.05, 4.69) is 11.9 Å². The minimum Gasteiger partial charge on any atom is -0.480 e. The van der Waals surface area contributed by atoms with Gasteiger partial charge in [0.05, 0.1) is 6.54 Å². The summed E-state index contributed by atoms with van der Waals surface area (Å²) >= 11 is 0. The van der Waals surface area contributed by atoms with Gasteiger partial charge in [0.1, 0.15) is 0 Å². The Balaban J connectivity index is 3.44. The van der Waals surface area contributed by atoms with E-state index in [0.29, 0.717) is 6.54 Å². The molecular formula is C9H15NO2. The molecule has 0 aromatic carbocycles. The van der Waals surface area contributed by atoms with E-state index < -0.39 is 5.97 Å². The average Bonchev–Trinajstić information content (AvgIpc) is 2.00. The summed E-state index contributed by atoms with van der Waals surface area (Å²) < 4.78 is 0. The van der Waals surface area contributed by atoms with Crippen LogP contribution in [0.2, 0.25) is 0 Å². The molecule has 3 heteroatoms. The molecule has 0 radical (unpaired) electrons. The second-order valence-electron chi connectivity index (χ2n) is 2.47. The maximum Gasteiger partial charge on any atom is 0.317 e. The lowest BCUT2D eigenvalue weighted by atomic mass is 10.2. The fraction of sp³-hybridized carbons (Fsp3) is 0.444. The number of carboxylic acid groups (broad SMARTS) is 1. The van der Waals surface area contributed by atoms with Gasteiger partial charge in [-0.2, -0.15) is 0 Å².